The zero-order chi connectivity index (χ0) is 17.2. The molecule has 3 nitrogen and oxygen atoms in total. The second-order valence-electron chi connectivity index (χ2n) is 9.01. The van der Waals surface area contributed by atoms with Crippen molar-refractivity contribution in [2.75, 3.05) is 0 Å². The second-order valence-corrected chi connectivity index (χ2v) is 9.01. The maximum atomic E-state index is 12.9. The smallest absolute Gasteiger partial charge is 0.161 e. The minimum absolute atomic E-state index is 0.0340. The average molecular weight is 318 g/mol. The van der Waals surface area contributed by atoms with E-state index in [0.29, 0.717) is 12.0 Å². The SMILES string of the molecule is C=C[C@@]1(C)CCC2=C(C(=O)C[C@@H]3C(C)(C)CC[C@@H](O)[C@@]23C)[C@H]1O. The average Bonchev–Trinajstić information content (AvgIpc) is 2.49. The number of aliphatic hydroxyl groups is 2. The Labute approximate surface area is 139 Å². The molecule has 0 aliphatic heterocycles. The summed E-state index contributed by atoms with van der Waals surface area (Å²) in [6.07, 6.45) is 4.23. The molecule has 5 atom stereocenters. The highest BCUT2D eigenvalue weighted by atomic mass is 16.3. The van der Waals surface area contributed by atoms with Gasteiger partial charge in [0.15, 0.2) is 5.78 Å². The van der Waals surface area contributed by atoms with Crippen LogP contribution in [0.1, 0.15) is 59.8 Å². The highest BCUT2D eigenvalue weighted by Gasteiger charge is 2.59. The molecule has 3 rings (SSSR count). The Morgan fingerprint density at radius 3 is 2.43 bits per heavy atom. The summed E-state index contributed by atoms with van der Waals surface area (Å²) in [7, 11) is 0. The van der Waals surface area contributed by atoms with Crippen LogP contribution in [0.25, 0.3) is 0 Å². The van der Waals surface area contributed by atoms with Gasteiger partial charge in [0.2, 0.25) is 0 Å². The highest BCUT2D eigenvalue weighted by molar-refractivity contribution is 5.99. The van der Waals surface area contributed by atoms with Gasteiger partial charge in [-0.3, -0.25) is 4.79 Å². The van der Waals surface area contributed by atoms with Gasteiger partial charge in [-0.1, -0.05) is 39.3 Å². The van der Waals surface area contributed by atoms with Gasteiger partial charge in [0.05, 0.1) is 12.2 Å². The molecule has 3 heteroatoms. The van der Waals surface area contributed by atoms with Gasteiger partial charge in [-0.15, -0.1) is 6.58 Å². The lowest BCUT2D eigenvalue weighted by atomic mass is 9.46. The van der Waals surface area contributed by atoms with Crippen LogP contribution in [0.3, 0.4) is 0 Å². The van der Waals surface area contributed by atoms with E-state index < -0.39 is 23.0 Å². The summed E-state index contributed by atoms with van der Waals surface area (Å²) in [6.45, 7) is 12.4. The molecule has 1 saturated carbocycles. The lowest BCUT2D eigenvalue weighted by Gasteiger charge is -2.59. The summed E-state index contributed by atoms with van der Waals surface area (Å²) in [5, 5.41) is 21.7. The molecule has 0 aromatic carbocycles. The first-order valence-electron chi connectivity index (χ1n) is 8.84. The fraction of sp³-hybridized carbons (Fsp3) is 0.750. The monoisotopic (exact) mass is 318 g/mol. The van der Waals surface area contributed by atoms with Crippen molar-refractivity contribution in [1.82, 2.24) is 0 Å². The van der Waals surface area contributed by atoms with Gasteiger partial charge >= 0.3 is 0 Å². The number of Topliss-reactive ketones (excluding diaryl/α,β-unsaturated/α-hetero) is 1. The molecule has 3 aliphatic rings. The summed E-state index contributed by atoms with van der Waals surface area (Å²) in [6, 6.07) is 0. The molecule has 0 bridgehead atoms. The van der Waals surface area contributed by atoms with Crippen molar-refractivity contribution < 1.29 is 15.0 Å². The first-order valence-corrected chi connectivity index (χ1v) is 8.84. The third kappa shape index (κ3) is 2.12. The van der Waals surface area contributed by atoms with Crippen molar-refractivity contribution in [3.63, 3.8) is 0 Å². The van der Waals surface area contributed by atoms with Gasteiger partial charge < -0.3 is 10.2 Å². The maximum absolute atomic E-state index is 12.9. The van der Waals surface area contributed by atoms with E-state index in [1.54, 1.807) is 6.08 Å². The van der Waals surface area contributed by atoms with Crippen molar-refractivity contribution in [3.8, 4) is 0 Å². The van der Waals surface area contributed by atoms with Crippen molar-refractivity contribution >= 4 is 5.78 Å². The predicted molar refractivity (Wildman–Crippen MR) is 90.8 cm³/mol. The van der Waals surface area contributed by atoms with E-state index in [4.69, 9.17) is 0 Å². The van der Waals surface area contributed by atoms with E-state index in [9.17, 15) is 15.0 Å². The van der Waals surface area contributed by atoms with Crippen molar-refractivity contribution in [2.24, 2.45) is 22.2 Å². The van der Waals surface area contributed by atoms with E-state index in [-0.39, 0.29) is 17.1 Å². The quantitative estimate of drug-likeness (QED) is 0.729. The Morgan fingerprint density at radius 1 is 1.17 bits per heavy atom. The number of ketones is 1. The zero-order valence-electron chi connectivity index (χ0n) is 14.9. The molecule has 23 heavy (non-hydrogen) atoms. The number of carbonyl (C=O) groups is 1. The normalized spacial score (nSPS) is 46.2. The molecule has 0 aromatic rings. The first-order chi connectivity index (χ1) is 10.6. The Hall–Kier alpha value is -0.930. The summed E-state index contributed by atoms with van der Waals surface area (Å²) < 4.78 is 0. The largest absolute Gasteiger partial charge is 0.392 e. The molecule has 2 N–H and O–H groups in total. The van der Waals surface area contributed by atoms with E-state index in [1.165, 1.54) is 0 Å². The summed E-state index contributed by atoms with van der Waals surface area (Å²) >= 11 is 0. The third-order valence-corrected chi connectivity index (χ3v) is 7.36. The maximum Gasteiger partial charge on any atom is 0.161 e. The standard InChI is InChI=1S/C20H30O3/c1-6-19(4)10-7-12-16(17(19)23)13(21)11-14-18(2,3)9-8-15(22)20(12,14)5/h6,14-15,17,22-23H,1,7-11H2,2-5H3/t14-,15-,17-,19+,20+/m1/s1. The van der Waals surface area contributed by atoms with Crippen LogP contribution in [-0.2, 0) is 4.79 Å². The number of carbonyl (C=O) groups excluding carboxylic acids is 1. The Morgan fingerprint density at radius 2 is 1.83 bits per heavy atom. The molecular formula is C20H30O3. The fourth-order valence-electron chi connectivity index (χ4n) is 5.48. The predicted octanol–water partition coefficient (Wildman–Crippen LogP) is 3.41. The van der Waals surface area contributed by atoms with Gasteiger partial charge in [-0.25, -0.2) is 0 Å². The number of hydrogen-bond acceptors (Lipinski definition) is 3. The number of rotatable bonds is 1. The fourth-order valence-corrected chi connectivity index (χ4v) is 5.48. The molecule has 0 unspecified atom stereocenters. The summed E-state index contributed by atoms with van der Waals surface area (Å²) in [5.41, 5.74) is 0.785. The summed E-state index contributed by atoms with van der Waals surface area (Å²) in [4.78, 5) is 12.9. The number of hydrogen-bond donors (Lipinski definition) is 2. The van der Waals surface area contributed by atoms with Crippen molar-refractivity contribution in [1.29, 1.82) is 0 Å². The number of aliphatic hydroxyl groups excluding tert-OH is 2. The van der Waals surface area contributed by atoms with Gasteiger partial charge in [-0.05, 0) is 37.0 Å². The molecule has 3 aliphatic carbocycles. The van der Waals surface area contributed by atoms with E-state index in [0.717, 1.165) is 31.3 Å². The van der Waals surface area contributed by atoms with Crippen LogP contribution in [-0.4, -0.2) is 28.2 Å². The van der Waals surface area contributed by atoms with E-state index in [1.807, 2.05) is 6.92 Å². The zero-order valence-corrected chi connectivity index (χ0v) is 14.9. The van der Waals surface area contributed by atoms with Crippen LogP contribution < -0.4 is 0 Å². The molecule has 128 valence electrons. The lowest BCUT2D eigenvalue weighted by molar-refractivity contribution is -0.133. The molecule has 0 amide bonds. The van der Waals surface area contributed by atoms with Gasteiger partial charge in [-0.2, -0.15) is 0 Å². The Kier molecular flexibility index (Phi) is 3.70. The van der Waals surface area contributed by atoms with Gasteiger partial charge in [0.25, 0.3) is 0 Å². The van der Waals surface area contributed by atoms with E-state index >= 15 is 0 Å². The summed E-state index contributed by atoms with van der Waals surface area (Å²) in [5.74, 6) is 0.218. The second kappa shape index (κ2) is 5.03. The van der Waals surface area contributed by atoms with Crippen LogP contribution in [0.5, 0.6) is 0 Å². The molecule has 0 heterocycles. The Bertz CT molecular complexity index is 588. The van der Waals surface area contributed by atoms with Crippen LogP contribution in [0.2, 0.25) is 0 Å². The highest BCUT2D eigenvalue weighted by Crippen LogP contribution is 2.62. The minimum Gasteiger partial charge on any atom is -0.392 e. The lowest BCUT2D eigenvalue weighted by Crippen LogP contribution is -2.57. The van der Waals surface area contributed by atoms with E-state index in [2.05, 4.69) is 27.4 Å². The molecular weight excluding hydrogens is 288 g/mol. The molecule has 1 fully saturated rings. The third-order valence-electron chi connectivity index (χ3n) is 7.36. The van der Waals surface area contributed by atoms with Crippen LogP contribution in [0.4, 0.5) is 0 Å². The minimum atomic E-state index is -0.800. The van der Waals surface area contributed by atoms with Crippen LogP contribution in [0, 0.1) is 22.2 Å². The van der Waals surface area contributed by atoms with Crippen molar-refractivity contribution in [2.45, 2.75) is 72.0 Å². The molecule has 0 radical (unpaired) electrons. The molecule has 0 aromatic heterocycles. The van der Waals surface area contributed by atoms with Crippen molar-refractivity contribution in [3.05, 3.63) is 23.8 Å². The van der Waals surface area contributed by atoms with Gasteiger partial charge in [0.1, 0.15) is 0 Å². The molecule has 0 saturated heterocycles. The van der Waals surface area contributed by atoms with Crippen LogP contribution >= 0.6 is 0 Å². The van der Waals surface area contributed by atoms with Gasteiger partial charge in [0, 0.05) is 22.8 Å². The topological polar surface area (TPSA) is 57.5 Å². The number of fused-ring (bicyclic) bond motifs is 2. The Balaban J connectivity index is 2.18. The van der Waals surface area contributed by atoms with Crippen LogP contribution in [0.15, 0.2) is 23.8 Å². The molecule has 0 spiro atoms. The first kappa shape index (κ1) is 16.9.